The molecule has 1 atom stereocenters. The van der Waals surface area contributed by atoms with E-state index >= 15 is 0 Å². The number of nitrogens with zero attached hydrogens (tertiary/aromatic N) is 2. The Morgan fingerprint density at radius 2 is 2.03 bits per heavy atom. The van der Waals surface area contributed by atoms with Gasteiger partial charge in [-0.1, -0.05) is 36.0 Å². The third kappa shape index (κ3) is 4.46. The van der Waals surface area contributed by atoms with Crippen LogP contribution in [0.5, 0.6) is 0 Å². The highest BCUT2D eigenvalue weighted by atomic mass is 32.2. The summed E-state index contributed by atoms with van der Waals surface area (Å²) in [5.41, 5.74) is 4.36. The molecule has 5 nitrogen and oxygen atoms in total. The smallest absolute Gasteiger partial charge is 0.263 e. The summed E-state index contributed by atoms with van der Waals surface area (Å²) >= 11 is 4.35. The molecule has 8 heteroatoms. The number of carbonyl (C=O) groups excluding carboxylic acids is 1. The second kappa shape index (κ2) is 8.98. The van der Waals surface area contributed by atoms with Gasteiger partial charge in [-0.05, 0) is 48.9 Å². The molecule has 3 heterocycles. The molecule has 0 aliphatic rings. The molecule has 31 heavy (non-hydrogen) atoms. The molecule has 1 aromatic carbocycles. The minimum atomic E-state index is -0.0875. The van der Waals surface area contributed by atoms with Crippen molar-refractivity contribution in [3.05, 3.63) is 68.1 Å². The molecular weight excluding hydrogens is 446 g/mol. The Kier molecular flexibility index (Phi) is 6.31. The molecule has 1 amide bonds. The maximum atomic E-state index is 13.0. The zero-order valence-electron chi connectivity index (χ0n) is 17.8. The lowest BCUT2D eigenvalue weighted by molar-refractivity contribution is -0.119. The molecule has 4 rings (SSSR count). The number of hydrogen-bond donors (Lipinski definition) is 1. The maximum Gasteiger partial charge on any atom is 0.263 e. The molecule has 0 aliphatic heterocycles. The fourth-order valence-corrected chi connectivity index (χ4v) is 5.91. The number of benzene rings is 1. The monoisotopic (exact) mass is 469 g/mol. The number of aromatic nitrogens is 2. The number of carbonyl (C=O) groups is 1. The molecule has 1 N–H and O–H groups in total. The Morgan fingerprint density at radius 3 is 2.74 bits per heavy atom. The fraction of sp³-hybridized carbons (Fsp3) is 0.261. The second-order valence-corrected chi connectivity index (χ2v) is 10.2. The van der Waals surface area contributed by atoms with E-state index in [0.717, 1.165) is 16.0 Å². The lowest BCUT2D eigenvalue weighted by Crippen LogP contribution is -2.29. The van der Waals surface area contributed by atoms with Crippen molar-refractivity contribution < 1.29 is 4.79 Å². The van der Waals surface area contributed by atoms with Crippen molar-refractivity contribution in [2.75, 3.05) is 5.75 Å². The van der Waals surface area contributed by atoms with Gasteiger partial charge in [0.15, 0.2) is 5.16 Å². The Balaban J connectivity index is 1.48. The van der Waals surface area contributed by atoms with Gasteiger partial charge in [0.05, 0.1) is 17.2 Å². The first-order valence-electron chi connectivity index (χ1n) is 9.86. The molecule has 0 spiro atoms. The summed E-state index contributed by atoms with van der Waals surface area (Å²) in [6, 6.07) is 10.1. The van der Waals surface area contributed by atoms with E-state index < -0.39 is 0 Å². The molecule has 0 aliphatic carbocycles. The van der Waals surface area contributed by atoms with Crippen LogP contribution in [0.4, 0.5) is 0 Å². The van der Waals surface area contributed by atoms with E-state index in [2.05, 4.69) is 36.3 Å². The van der Waals surface area contributed by atoms with Crippen LogP contribution in [-0.4, -0.2) is 21.2 Å². The first-order valence-corrected chi connectivity index (χ1v) is 12.6. The van der Waals surface area contributed by atoms with Crippen molar-refractivity contribution >= 4 is 50.6 Å². The van der Waals surface area contributed by atoms with Crippen molar-refractivity contribution in [2.45, 2.75) is 32.0 Å². The van der Waals surface area contributed by atoms with Gasteiger partial charge >= 0.3 is 0 Å². The number of thioether (sulfide) groups is 1. The zero-order valence-corrected chi connectivity index (χ0v) is 20.2. The van der Waals surface area contributed by atoms with Gasteiger partial charge in [0.2, 0.25) is 5.91 Å². The minimum absolute atomic E-state index is 0.0824. The quantitative estimate of drug-likeness (QED) is 0.307. The van der Waals surface area contributed by atoms with Gasteiger partial charge in [-0.25, -0.2) is 4.98 Å². The molecule has 0 fully saturated rings. The van der Waals surface area contributed by atoms with Crippen LogP contribution in [0.3, 0.4) is 0 Å². The van der Waals surface area contributed by atoms with E-state index in [9.17, 15) is 9.59 Å². The second-order valence-electron chi connectivity index (χ2n) is 7.49. The molecule has 0 saturated heterocycles. The number of aryl methyl sites for hydroxylation is 2. The Morgan fingerprint density at radius 1 is 1.23 bits per heavy atom. The van der Waals surface area contributed by atoms with Crippen LogP contribution in [0.1, 0.15) is 29.7 Å². The predicted octanol–water partition coefficient (Wildman–Crippen LogP) is 5.31. The van der Waals surface area contributed by atoms with Crippen LogP contribution < -0.4 is 10.9 Å². The molecule has 4 aromatic rings. The third-order valence-electron chi connectivity index (χ3n) is 5.30. The standard InChI is InChI=1S/C23H23N3O2S3/c1-13-7-8-16(10-14(13)2)15(3)24-19(27)12-31-23-25-21-20(22(28)26(23)4)17(11-30-21)18-6-5-9-29-18/h5-11,15H,12H2,1-4H3,(H,24,27). The Labute approximate surface area is 193 Å². The van der Waals surface area contributed by atoms with Gasteiger partial charge in [0.1, 0.15) is 4.83 Å². The Hall–Kier alpha value is -2.42. The number of thiophene rings is 2. The van der Waals surface area contributed by atoms with E-state index in [-0.39, 0.29) is 23.3 Å². The molecule has 1 unspecified atom stereocenters. The highest BCUT2D eigenvalue weighted by Crippen LogP contribution is 2.34. The van der Waals surface area contributed by atoms with E-state index in [1.165, 1.54) is 38.8 Å². The average molecular weight is 470 g/mol. The maximum absolute atomic E-state index is 13.0. The molecule has 3 aromatic heterocycles. The molecule has 0 radical (unpaired) electrons. The van der Waals surface area contributed by atoms with Gasteiger partial charge < -0.3 is 5.32 Å². The summed E-state index contributed by atoms with van der Waals surface area (Å²) in [7, 11) is 1.71. The van der Waals surface area contributed by atoms with Crippen LogP contribution in [0.2, 0.25) is 0 Å². The molecule has 0 bridgehead atoms. The average Bonchev–Trinajstić information content (AvgIpc) is 3.41. The topological polar surface area (TPSA) is 64.0 Å². The molecular formula is C23H23N3O2S3. The fourth-order valence-electron chi connectivity index (χ4n) is 3.33. The highest BCUT2D eigenvalue weighted by Gasteiger charge is 2.17. The van der Waals surface area contributed by atoms with Crippen LogP contribution in [0.15, 0.2) is 51.0 Å². The number of fused-ring (bicyclic) bond motifs is 1. The SMILES string of the molecule is Cc1ccc(C(C)NC(=O)CSc2nc3scc(-c4cccs4)c3c(=O)n2C)cc1C. The van der Waals surface area contributed by atoms with Gasteiger partial charge in [-0.3, -0.25) is 14.2 Å². The van der Waals surface area contributed by atoms with Crippen molar-refractivity contribution in [1.82, 2.24) is 14.9 Å². The van der Waals surface area contributed by atoms with Gasteiger partial charge in [-0.15, -0.1) is 22.7 Å². The van der Waals surface area contributed by atoms with Crippen molar-refractivity contribution in [1.29, 1.82) is 0 Å². The summed E-state index contributed by atoms with van der Waals surface area (Å²) in [6.07, 6.45) is 0. The lowest BCUT2D eigenvalue weighted by atomic mass is 10.0. The normalized spacial score (nSPS) is 12.3. The van der Waals surface area contributed by atoms with Gasteiger partial charge in [0.25, 0.3) is 5.56 Å². The number of rotatable bonds is 6. The summed E-state index contributed by atoms with van der Waals surface area (Å²) in [5.74, 6) is 0.111. The van der Waals surface area contributed by atoms with Crippen molar-refractivity contribution in [2.24, 2.45) is 7.05 Å². The first kappa shape index (κ1) is 21.8. The van der Waals surface area contributed by atoms with Crippen LogP contribution in [-0.2, 0) is 11.8 Å². The van der Waals surface area contributed by atoms with E-state index in [0.29, 0.717) is 15.4 Å². The van der Waals surface area contributed by atoms with Crippen molar-refractivity contribution in [3.8, 4) is 10.4 Å². The number of hydrogen-bond acceptors (Lipinski definition) is 6. The molecule has 160 valence electrons. The van der Waals surface area contributed by atoms with Crippen LogP contribution in [0.25, 0.3) is 20.7 Å². The highest BCUT2D eigenvalue weighted by molar-refractivity contribution is 7.99. The van der Waals surface area contributed by atoms with Crippen LogP contribution in [0, 0.1) is 13.8 Å². The molecule has 0 saturated carbocycles. The summed E-state index contributed by atoms with van der Waals surface area (Å²) in [6.45, 7) is 6.12. The summed E-state index contributed by atoms with van der Waals surface area (Å²) < 4.78 is 1.54. The van der Waals surface area contributed by atoms with E-state index in [1.54, 1.807) is 18.4 Å². The van der Waals surface area contributed by atoms with Gasteiger partial charge in [0, 0.05) is 22.9 Å². The number of amides is 1. The number of nitrogens with one attached hydrogen (secondary N) is 1. The Bertz CT molecular complexity index is 1310. The van der Waals surface area contributed by atoms with Crippen LogP contribution >= 0.6 is 34.4 Å². The van der Waals surface area contributed by atoms with E-state index in [4.69, 9.17) is 0 Å². The van der Waals surface area contributed by atoms with Crippen molar-refractivity contribution in [3.63, 3.8) is 0 Å². The first-order chi connectivity index (χ1) is 14.8. The minimum Gasteiger partial charge on any atom is -0.349 e. The summed E-state index contributed by atoms with van der Waals surface area (Å²) in [4.78, 5) is 32.0. The third-order valence-corrected chi connectivity index (χ3v) is 8.11. The zero-order chi connectivity index (χ0) is 22.1. The van der Waals surface area contributed by atoms with Gasteiger partial charge in [-0.2, -0.15) is 0 Å². The lowest BCUT2D eigenvalue weighted by Gasteiger charge is -2.16. The summed E-state index contributed by atoms with van der Waals surface area (Å²) in [5, 5.41) is 8.21. The van der Waals surface area contributed by atoms with E-state index in [1.807, 2.05) is 35.9 Å². The largest absolute Gasteiger partial charge is 0.349 e. The predicted molar refractivity (Wildman–Crippen MR) is 131 cm³/mol.